The summed E-state index contributed by atoms with van der Waals surface area (Å²) in [6, 6.07) is 7.48. The van der Waals surface area contributed by atoms with Gasteiger partial charge in [-0.25, -0.2) is 4.79 Å². The first-order chi connectivity index (χ1) is 9.58. The Hall–Kier alpha value is -1.88. The summed E-state index contributed by atoms with van der Waals surface area (Å²) in [6.45, 7) is 4.50. The zero-order valence-electron chi connectivity index (χ0n) is 12.0. The maximum absolute atomic E-state index is 12.6. The largest absolute Gasteiger partial charge is 0.329 e. The quantitative estimate of drug-likeness (QED) is 0.797. The Morgan fingerprint density at radius 1 is 1.20 bits per heavy atom. The van der Waals surface area contributed by atoms with Crippen LogP contribution in [0.2, 0.25) is 0 Å². The molecule has 0 aromatic heterocycles. The minimum Gasteiger partial charge on any atom is -0.329 e. The topological polar surface area (TPSA) is 75.4 Å². The molecule has 1 aliphatic heterocycles. The third kappa shape index (κ3) is 2.18. The first-order valence-corrected chi connectivity index (χ1v) is 7.02. The molecule has 0 saturated carbocycles. The lowest BCUT2D eigenvalue weighted by atomic mass is 9.86. The van der Waals surface area contributed by atoms with Crippen molar-refractivity contribution in [3.63, 3.8) is 0 Å². The van der Waals surface area contributed by atoms with Crippen molar-refractivity contribution in [2.45, 2.75) is 32.2 Å². The summed E-state index contributed by atoms with van der Waals surface area (Å²) in [7, 11) is 0. The molecule has 3 N–H and O–H groups in total. The fourth-order valence-electron chi connectivity index (χ4n) is 2.62. The molecule has 1 aromatic carbocycles. The molecule has 3 amide bonds. The molecule has 1 heterocycles. The van der Waals surface area contributed by atoms with E-state index in [0.29, 0.717) is 6.42 Å². The smallest absolute Gasteiger partial charge is 0.325 e. The fourth-order valence-corrected chi connectivity index (χ4v) is 2.62. The van der Waals surface area contributed by atoms with E-state index in [0.717, 1.165) is 12.0 Å². The monoisotopic (exact) mass is 275 g/mol. The second-order valence-electron chi connectivity index (χ2n) is 4.98. The van der Waals surface area contributed by atoms with Crippen molar-refractivity contribution in [3.05, 3.63) is 35.4 Å². The molecule has 1 aromatic rings. The van der Waals surface area contributed by atoms with Gasteiger partial charge in [-0.15, -0.1) is 0 Å². The number of imide groups is 1. The Morgan fingerprint density at radius 2 is 1.85 bits per heavy atom. The van der Waals surface area contributed by atoms with Gasteiger partial charge in [-0.2, -0.15) is 0 Å². The summed E-state index contributed by atoms with van der Waals surface area (Å²) in [6.07, 6.45) is 1.46. The first kappa shape index (κ1) is 14.5. The zero-order valence-corrected chi connectivity index (χ0v) is 12.0. The zero-order chi connectivity index (χ0) is 14.8. The average molecular weight is 275 g/mol. The third-order valence-corrected chi connectivity index (χ3v) is 3.91. The molecule has 0 aliphatic carbocycles. The molecule has 20 heavy (non-hydrogen) atoms. The summed E-state index contributed by atoms with van der Waals surface area (Å²) in [5, 5.41) is 2.84. The van der Waals surface area contributed by atoms with Crippen molar-refractivity contribution in [2.24, 2.45) is 5.73 Å². The molecule has 1 unspecified atom stereocenters. The number of aryl methyl sites for hydroxylation is 1. The van der Waals surface area contributed by atoms with Crippen LogP contribution in [0.25, 0.3) is 0 Å². The van der Waals surface area contributed by atoms with Crippen LogP contribution in [0, 0.1) is 0 Å². The van der Waals surface area contributed by atoms with E-state index in [1.54, 1.807) is 0 Å². The van der Waals surface area contributed by atoms with Crippen LogP contribution >= 0.6 is 0 Å². The lowest BCUT2D eigenvalue weighted by Gasteiger charge is -2.26. The summed E-state index contributed by atoms with van der Waals surface area (Å²) in [4.78, 5) is 25.8. The number of urea groups is 1. The van der Waals surface area contributed by atoms with E-state index in [1.807, 2.05) is 31.2 Å². The number of carbonyl (C=O) groups excluding carboxylic acids is 2. The summed E-state index contributed by atoms with van der Waals surface area (Å²) >= 11 is 0. The van der Waals surface area contributed by atoms with E-state index < -0.39 is 5.54 Å². The van der Waals surface area contributed by atoms with E-state index >= 15 is 0 Å². The number of carbonyl (C=O) groups is 2. The van der Waals surface area contributed by atoms with Crippen molar-refractivity contribution >= 4 is 11.9 Å². The molecule has 1 saturated heterocycles. The molecule has 108 valence electrons. The van der Waals surface area contributed by atoms with Crippen molar-refractivity contribution in [3.8, 4) is 0 Å². The highest BCUT2D eigenvalue weighted by molar-refractivity contribution is 6.07. The van der Waals surface area contributed by atoms with E-state index in [-0.39, 0.29) is 25.0 Å². The molecule has 0 bridgehead atoms. The van der Waals surface area contributed by atoms with Crippen molar-refractivity contribution in [1.29, 1.82) is 0 Å². The minimum absolute atomic E-state index is 0.209. The molecule has 0 spiro atoms. The highest BCUT2D eigenvalue weighted by atomic mass is 16.2. The molecule has 1 aliphatic rings. The van der Waals surface area contributed by atoms with Crippen molar-refractivity contribution in [1.82, 2.24) is 10.2 Å². The Balaban J connectivity index is 2.38. The number of nitrogens with zero attached hydrogens (tertiary/aromatic N) is 1. The average Bonchev–Trinajstić information content (AvgIpc) is 2.73. The molecule has 5 heteroatoms. The Labute approximate surface area is 119 Å². The van der Waals surface area contributed by atoms with Crippen LogP contribution in [-0.4, -0.2) is 29.9 Å². The highest BCUT2D eigenvalue weighted by Crippen LogP contribution is 2.32. The lowest BCUT2D eigenvalue weighted by molar-refractivity contribution is -0.131. The number of benzene rings is 1. The van der Waals surface area contributed by atoms with Gasteiger partial charge in [0.25, 0.3) is 5.91 Å². The molecule has 5 nitrogen and oxygen atoms in total. The number of nitrogens with two attached hydrogens (primary N) is 1. The van der Waals surface area contributed by atoms with Crippen LogP contribution < -0.4 is 11.1 Å². The molecule has 2 rings (SSSR count). The number of hydrogen-bond acceptors (Lipinski definition) is 3. The van der Waals surface area contributed by atoms with Gasteiger partial charge in [0.15, 0.2) is 0 Å². The number of amides is 3. The number of nitrogens with one attached hydrogen (secondary N) is 1. The Morgan fingerprint density at radius 3 is 2.35 bits per heavy atom. The Bertz CT molecular complexity index is 512. The second kappa shape index (κ2) is 5.63. The van der Waals surface area contributed by atoms with Crippen molar-refractivity contribution in [2.75, 3.05) is 13.1 Å². The maximum Gasteiger partial charge on any atom is 0.325 e. The van der Waals surface area contributed by atoms with Crippen LogP contribution in [0.15, 0.2) is 24.3 Å². The predicted molar refractivity (Wildman–Crippen MR) is 77.1 cm³/mol. The summed E-state index contributed by atoms with van der Waals surface area (Å²) in [5.74, 6) is -0.209. The fraction of sp³-hybridized carbons (Fsp3) is 0.467. The second-order valence-corrected chi connectivity index (χ2v) is 4.98. The van der Waals surface area contributed by atoms with Gasteiger partial charge in [0.05, 0.1) is 0 Å². The van der Waals surface area contributed by atoms with E-state index in [2.05, 4.69) is 12.2 Å². The van der Waals surface area contributed by atoms with Gasteiger partial charge in [-0.3, -0.25) is 9.69 Å². The van der Waals surface area contributed by atoms with Crippen LogP contribution in [0.3, 0.4) is 0 Å². The summed E-state index contributed by atoms with van der Waals surface area (Å²) < 4.78 is 0. The standard InChI is InChI=1S/C15H21N3O2/c1-3-11-5-7-12(8-6-11)15(4-2)13(19)18(10-9-16)14(20)17-15/h5-8H,3-4,9-10,16H2,1-2H3,(H,17,20). The van der Waals surface area contributed by atoms with Gasteiger partial charge in [0.2, 0.25) is 0 Å². The molecule has 0 radical (unpaired) electrons. The van der Waals surface area contributed by atoms with Crippen LogP contribution in [-0.2, 0) is 16.8 Å². The normalized spacial score (nSPS) is 22.2. The van der Waals surface area contributed by atoms with Crippen LogP contribution in [0.5, 0.6) is 0 Å². The maximum atomic E-state index is 12.6. The predicted octanol–water partition coefficient (Wildman–Crippen LogP) is 1.36. The van der Waals surface area contributed by atoms with Gasteiger partial charge in [0, 0.05) is 13.1 Å². The molecule has 1 atom stereocenters. The van der Waals surface area contributed by atoms with Crippen LogP contribution in [0.4, 0.5) is 4.79 Å². The third-order valence-electron chi connectivity index (χ3n) is 3.91. The lowest BCUT2D eigenvalue weighted by Crippen LogP contribution is -2.43. The SMILES string of the molecule is CCc1ccc(C2(CC)NC(=O)N(CCN)C2=O)cc1. The van der Waals surface area contributed by atoms with Crippen molar-refractivity contribution < 1.29 is 9.59 Å². The van der Waals surface area contributed by atoms with Gasteiger partial charge >= 0.3 is 6.03 Å². The van der Waals surface area contributed by atoms with Gasteiger partial charge in [-0.1, -0.05) is 38.1 Å². The van der Waals surface area contributed by atoms with E-state index in [4.69, 9.17) is 5.73 Å². The van der Waals surface area contributed by atoms with Gasteiger partial charge < -0.3 is 11.1 Å². The molecule has 1 fully saturated rings. The molecular formula is C15H21N3O2. The van der Waals surface area contributed by atoms with E-state index in [1.165, 1.54) is 10.5 Å². The highest BCUT2D eigenvalue weighted by Gasteiger charge is 2.50. The number of hydrogen-bond donors (Lipinski definition) is 2. The molecular weight excluding hydrogens is 254 g/mol. The van der Waals surface area contributed by atoms with Gasteiger partial charge in [0.1, 0.15) is 5.54 Å². The summed E-state index contributed by atoms with van der Waals surface area (Å²) in [5.41, 5.74) is 6.55. The van der Waals surface area contributed by atoms with E-state index in [9.17, 15) is 9.59 Å². The Kier molecular flexibility index (Phi) is 4.09. The van der Waals surface area contributed by atoms with Gasteiger partial charge in [-0.05, 0) is 24.0 Å². The minimum atomic E-state index is -0.946. The van der Waals surface area contributed by atoms with Crippen LogP contribution in [0.1, 0.15) is 31.4 Å². The first-order valence-electron chi connectivity index (χ1n) is 7.02. The number of rotatable bonds is 5.